The van der Waals surface area contributed by atoms with Crippen molar-refractivity contribution in [1.82, 2.24) is 29.8 Å². The topological polar surface area (TPSA) is 28.2 Å². The Kier molecular flexibility index (Phi) is 11.1. The molecule has 1 rings (SSSR count). The van der Waals surface area contributed by atoms with Crippen LogP contribution in [0.3, 0.4) is 0 Å². The van der Waals surface area contributed by atoms with E-state index in [9.17, 15) is 0 Å². The van der Waals surface area contributed by atoms with Crippen molar-refractivity contribution < 1.29 is 0 Å². The molecule has 0 radical (unpaired) electrons. The van der Waals surface area contributed by atoms with Crippen molar-refractivity contribution in [3.05, 3.63) is 0 Å². The Morgan fingerprint density at radius 3 is 1.54 bits per heavy atom. The molecule has 0 atom stereocenters. The molecule has 6 nitrogen and oxygen atoms in total. The van der Waals surface area contributed by atoms with Gasteiger partial charge in [0, 0.05) is 13.1 Å². The second kappa shape index (κ2) is 12.2. The Labute approximate surface area is 150 Å². The Morgan fingerprint density at radius 2 is 1.12 bits per heavy atom. The summed E-state index contributed by atoms with van der Waals surface area (Å²) < 4.78 is 0. The fourth-order valence-corrected chi connectivity index (χ4v) is 3.37. The van der Waals surface area contributed by atoms with Gasteiger partial charge in [-0.25, -0.2) is 0 Å². The minimum absolute atomic E-state index is 0.593. The Balaban J connectivity index is 2.54. The average molecular weight is 343 g/mol. The Morgan fingerprint density at radius 1 is 0.708 bits per heavy atom. The van der Waals surface area contributed by atoms with Crippen LogP contribution in [0.2, 0.25) is 0 Å². The third-order valence-electron chi connectivity index (χ3n) is 4.64. The fraction of sp³-hybridized carbons (Fsp3) is 1.00. The molecule has 0 aromatic carbocycles. The van der Waals surface area contributed by atoms with Gasteiger partial charge in [0.05, 0.1) is 19.5 Å². The van der Waals surface area contributed by atoms with Gasteiger partial charge in [-0.15, -0.1) is 0 Å². The molecule has 1 heterocycles. The Hall–Kier alpha value is -0.240. The molecule has 0 aliphatic carbocycles. The molecule has 0 spiro atoms. The Bertz CT molecular complexity index is 286. The molecule has 24 heavy (non-hydrogen) atoms. The maximum atomic E-state index is 3.60. The van der Waals surface area contributed by atoms with E-state index < -0.39 is 0 Å². The average Bonchev–Trinajstić information content (AvgIpc) is 2.48. The van der Waals surface area contributed by atoms with Gasteiger partial charge in [0.2, 0.25) is 0 Å². The van der Waals surface area contributed by atoms with Gasteiger partial charge >= 0.3 is 0 Å². The number of hydrogen-bond acceptors (Lipinski definition) is 6. The van der Waals surface area contributed by atoms with Gasteiger partial charge < -0.3 is 14.7 Å². The van der Waals surface area contributed by atoms with Crippen LogP contribution in [-0.4, -0.2) is 119 Å². The van der Waals surface area contributed by atoms with E-state index in [1.165, 1.54) is 58.4 Å². The van der Waals surface area contributed by atoms with Crippen molar-refractivity contribution in [2.45, 2.75) is 31.8 Å². The summed E-state index contributed by atoms with van der Waals surface area (Å²) >= 11 is 0. The van der Waals surface area contributed by atoms with E-state index in [0.29, 0.717) is 6.17 Å². The lowest BCUT2D eigenvalue weighted by Crippen LogP contribution is -2.60. The van der Waals surface area contributed by atoms with Crippen molar-refractivity contribution in [2.75, 3.05) is 88.3 Å². The number of nitrogens with one attached hydrogen (secondary N) is 1. The molecule has 1 saturated heterocycles. The summed E-state index contributed by atoms with van der Waals surface area (Å²) in [4.78, 5) is 12.2. The molecule has 0 aromatic rings. The minimum Gasteiger partial charge on any atom is -0.309 e. The van der Waals surface area contributed by atoms with Crippen LogP contribution in [-0.2, 0) is 0 Å². The van der Waals surface area contributed by atoms with Crippen LogP contribution in [0.15, 0.2) is 0 Å². The van der Waals surface area contributed by atoms with E-state index in [0.717, 1.165) is 13.3 Å². The first-order chi connectivity index (χ1) is 11.4. The van der Waals surface area contributed by atoms with E-state index in [4.69, 9.17) is 0 Å². The zero-order chi connectivity index (χ0) is 17.9. The summed E-state index contributed by atoms with van der Waals surface area (Å²) in [7, 11) is 13.0. The predicted octanol–water partition coefficient (Wildman–Crippen LogP) is 0.680. The molecular formula is C18H42N6. The quantitative estimate of drug-likeness (QED) is 0.561. The van der Waals surface area contributed by atoms with Crippen molar-refractivity contribution >= 4 is 0 Å². The molecular weight excluding hydrogens is 300 g/mol. The maximum absolute atomic E-state index is 3.60. The summed E-state index contributed by atoms with van der Waals surface area (Å²) in [6.45, 7) is 7.95. The highest BCUT2D eigenvalue weighted by molar-refractivity contribution is 4.78. The summed E-state index contributed by atoms with van der Waals surface area (Å²) in [5, 5.41) is 3.60. The second-order valence-corrected chi connectivity index (χ2v) is 7.93. The van der Waals surface area contributed by atoms with Crippen LogP contribution in [0.4, 0.5) is 0 Å². The third kappa shape index (κ3) is 9.30. The lowest BCUT2D eigenvalue weighted by molar-refractivity contribution is -0.0209. The molecule has 144 valence electrons. The van der Waals surface area contributed by atoms with E-state index in [2.05, 4.69) is 72.1 Å². The van der Waals surface area contributed by atoms with Gasteiger partial charge in [-0.3, -0.25) is 15.1 Å². The van der Waals surface area contributed by atoms with Gasteiger partial charge in [0.15, 0.2) is 0 Å². The van der Waals surface area contributed by atoms with Crippen LogP contribution in [0.1, 0.15) is 25.7 Å². The van der Waals surface area contributed by atoms with E-state index in [-0.39, 0.29) is 0 Å². The smallest absolute Gasteiger partial charge is 0.0644 e. The molecule has 1 aliphatic heterocycles. The lowest BCUT2D eigenvalue weighted by atomic mass is 10.1. The van der Waals surface area contributed by atoms with Gasteiger partial charge in [-0.05, 0) is 87.6 Å². The molecule has 0 saturated carbocycles. The standard InChI is InChI=1S/C18H42N6/c1-20(2)11-7-10-18-23(14-8-12-21(3)4)16-19-17-24(18)15-9-13-22(5)6/h18-19H,7-17H2,1-6H3. The van der Waals surface area contributed by atoms with Crippen molar-refractivity contribution in [3.8, 4) is 0 Å². The highest BCUT2D eigenvalue weighted by Gasteiger charge is 2.27. The predicted molar refractivity (Wildman–Crippen MR) is 104 cm³/mol. The molecule has 1 aliphatic rings. The SMILES string of the molecule is CN(C)CCCC1N(CCCN(C)C)CNCN1CCCN(C)C. The van der Waals surface area contributed by atoms with E-state index in [1.54, 1.807) is 0 Å². The maximum Gasteiger partial charge on any atom is 0.0644 e. The largest absolute Gasteiger partial charge is 0.309 e. The normalized spacial score (nSPS) is 18.4. The summed E-state index contributed by atoms with van der Waals surface area (Å²) in [6.07, 6.45) is 5.61. The van der Waals surface area contributed by atoms with Gasteiger partial charge in [-0.2, -0.15) is 0 Å². The number of hydrogen-bond donors (Lipinski definition) is 1. The zero-order valence-corrected chi connectivity index (χ0v) is 17.1. The van der Waals surface area contributed by atoms with E-state index in [1.807, 2.05) is 0 Å². The van der Waals surface area contributed by atoms with E-state index >= 15 is 0 Å². The summed E-state index contributed by atoms with van der Waals surface area (Å²) in [6, 6.07) is 0. The summed E-state index contributed by atoms with van der Waals surface area (Å²) in [5.74, 6) is 0. The lowest BCUT2D eigenvalue weighted by Gasteiger charge is -2.45. The molecule has 0 aromatic heterocycles. The molecule has 1 N–H and O–H groups in total. The highest BCUT2D eigenvalue weighted by atomic mass is 15.5. The minimum atomic E-state index is 0.593. The molecule has 0 unspecified atom stereocenters. The van der Waals surface area contributed by atoms with Crippen LogP contribution >= 0.6 is 0 Å². The van der Waals surface area contributed by atoms with Crippen LogP contribution in [0, 0.1) is 0 Å². The van der Waals surface area contributed by atoms with Crippen molar-refractivity contribution in [2.24, 2.45) is 0 Å². The van der Waals surface area contributed by atoms with Crippen molar-refractivity contribution in [3.63, 3.8) is 0 Å². The molecule has 6 heteroatoms. The zero-order valence-electron chi connectivity index (χ0n) is 17.1. The first-order valence-electron chi connectivity index (χ1n) is 9.53. The van der Waals surface area contributed by atoms with Crippen LogP contribution in [0.5, 0.6) is 0 Å². The number of nitrogens with zero attached hydrogens (tertiary/aromatic N) is 5. The van der Waals surface area contributed by atoms with Gasteiger partial charge in [0.1, 0.15) is 0 Å². The first kappa shape index (κ1) is 21.8. The van der Waals surface area contributed by atoms with Gasteiger partial charge in [-0.1, -0.05) is 0 Å². The van der Waals surface area contributed by atoms with Crippen LogP contribution < -0.4 is 5.32 Å². The van der Waals surface area contributed by atoms with Gasteiger partial charge in [0.25, 0.3) is 0 Å². The van der Waals surface area contributed by atoms with Crippen molar-refractivity contribution in [1.29, 1.82) is 0 Å². The number of rotatable bonds is 12. The molecule has 1 fully saturated rings. The second-order valence-electron chi connectivity index (χ2n) is 7.93. The fourth-order valence-electron chi connectivity index (χ4n) is 3.37. The molecule has 0 bridgehead atoms. The third-order valence-corrected chi connectivity index (χ3v) is 4.64. The monoisotopic (exact) mass is 342 g/mol. The summed E-state index contributed by atoms with van der Waals surface area (Å²) in [5.41, 5.74) is 0. The highest BCUT2D eigenvalue weighted by Crippen LogP contribution is 2.16. The molecule has 0 amide bonds. The first-order valence-corrected chi connectivity index (χ1v) is 9.53. The van der Waals surface area contributed by atoms with Crippen LogP contribution in [0.25, 0.3) is 0 Å².